The number of unbranched alkanes of at least 4 members (excludes halogenated alkanes) is 15. The molecule has 0 fully saturated rings. The molecule has 0 heterocycles. The van der Waals surface area contributed by atoms with Gasteiger partial charge in [0.1, 0.15) is 19.8 Å². The Morgan fingerprint density at radius 2 is 1.19 bits per heavy atom. The topological polar surface area (TPSA) is 111 Å². The molecule has 9 nitrogen and oxygen atoms in total. The van der Waals surface area contributed by atoms with Gasteiger partial charge < -0.3 is 27.9 Å². The third-order valence-electron chi connectivity index (χ3n) is 7.74. The fourth-order valence-electron chi connectivity index (χ4n) is 4.76. The highest BCUT2D eigenvalue weighted by molar-refractivity contribution is 7.45. The first-order valence-electron chi connectivity index (χ1n) is 18.5. The number of esters is 2. The lowest BCUT2D eigenvalue weighted by Crippen LogP contribution is -2.37. The van der Waals surface area contributed by atoms with E-state index >= 15 is 0 Å². The third-order valence-corrected chi connectivity index (χ3v) is 8.70. The number of phosphoric ester groups is 1. The normalized spacial score (nSPS) is 14.1. The van der Waals surface area contributed by atoms with Crippen molar-refractivity contribution in [3.63, 3.8) is 0 Å². The molecule has 0 aromatic rings. The monoisotopic (exact) mass is 687 g/mol. The molecule has 0 aromatic carbocycles. The van der Waals surface area contributed by atoms with E-state index in [-0.39, 0.29) is 26.1 Å². The van der Waals surface area contributed by atoms with Crippen LogP contribution in [0.15, 0.2) is 24.3 Å². The standard InChI is InChI=1S/C37H70NO8P/c1-6-8-10-12-14-16-18-19-20-22-24-26-28-30-37(40)46-35(34-45-47(41,42)44-32-31-38(3,4)5)33-43-36(39)29-27-25-23-21-17-15-13-11-9-7-2/h19-20,24,26,35H,6-18,21-23,25,27-34H2,1-5H3/b20-19+,26-24+. The lowest BCUT2D eigenvalue weighted by molar-refractivity contribution is -0.870. The van der Waals surface area contributed by atoms with Crippen molar-refractivity contribution in [2.75, 3.05) is 47.5 Å². The van der Waals surface area contributed by atoms with Gasteiger partial charge in [-0.3, -0.25) is 14.2 Å². The minimum atomic E-state index is -4.62. The Balaban J connectivity index is 4.55. The van der Waals surface area contributed by atoms with E-state index in [0.29, 0.717) is 17.4 Å². The molecule has 0 saturated heterocycles. The van der Waals surface area contributed by atoms with Crippen LogP contribution in [-0.2, 0) is 32.7 Å². The molecule has 47 heavy (non-hydrogen) atoms. The summed E-state index contributed by atoms with van der Waals surface area (Å²) in [5.74, 6) is -0.915. The van der Waals surface area contributed by atoms with Gasteiger partial charge in [-0.05, 0) is 32.1 Å². The maximum Gasteiger partial charge on any atom is 0.306 e. The molecule has 0 aliphatic rings. The molecule has 0 N–H and O–H groups in total. The SMILES string of the molecule is CCCCCCCC/C=C/C/C=C/CCC(=O)OC(COC(=O)CCCCCCCCCCCC)COP(=O)([O-])OCC[N+](C)(C)C. The molecule has 0 aromatic heterocycles. The predicted molar refractivity (Wildman–Crippen MR) is 190 cm³/mol. The molecule has 0 aliphatic heterocycles. The molecule has 0 amide bonds. The largest absolute Gasteiger partial charge is 0.756 e. The summed E-state index contributed by atoms with van der Waals surface area (Å²) in [7, 11) is 1.13. The van der Waals surface area contributed by atoms with Gasteiger partial charge in [-0.1, -0.05) is 128 Å². The molecule has 0 spiro atoms. The summed E-state index contributed by atoms with van der Waals surface area (Å²) in [4.78, 5) is 37.2. The van der Waals surface area contributed by atoms with Crippen LogP contribution in [0, 0.1) is 0 Å². The first kappa shape index (κ1) is 45.5. The number of carbonyl (C=O) groups is 2. The van der Waals surface area contributed by atoms with Gasteiger partial charge in [-0.2, -0.15) is 0 Å². The van der Waals surface area contributed by atoms with E-state index in [1.54, 1.807) is 0 Å². The molecule has 0 bridgehead atoms. The number of carbonyl (C=O) groups excluding carboxylic acids is 2. The van der Waals surface area contributed by atoms with Gasteiger partial charge in [0.25, 0.3) is 7.82 Å². The van der Waals surface area contributed by atoms with Crippen LogP contribution in [0.4, 0.5) is 0 Å². The van der Waals surface area contributed by atoms with Crippen LogP contribution in [0.25, 0.3) is 0 Å². The Kier molecular flexibility index (Phi) is 29.6. The molecule has 0 aliphatic carbocycles. The summed E-state index contributed by atoms with van der Waals surface area (Å²) in [6.07, 6.45) is 29.4. The zero-order valence-electron chi connectivity index (χ0n) is 30.7. The summed E-state index contributed by atoms with van der Waals surface area (Å²) in [5, 5.41) is 0. The molecule has 0 saturated carbocycles. The highest BCUT2D eigenvalue weighted by atomic mass is 31.2. The average Bonchev–Trinajstić information content (AvgIpc) is 3.01. The first-order chi connectivity index (χ1) is 22.5. The Morgan fingerprint density at radius 1 is 0.660 bits per heavy atom. The Hall–Kier alpha value is -1.51. The fourth-order valence-corrected chi connectivity index (χ4v) is 5.49. The van der Waals surface area contributed by atoms with Crippen molar-refractivity contribution in [3.05, 3.63) is 24.3 Å². The predicted octanol–water partition coefficient (Wildman–Crippen LogP) is 8.99. The van der Waals surface area contributed by atoms with Crippen LogP contribution in [-0.4, -0.2) is 70.0 Å². The first-order valence-corrected chi connectivity index (χ1v) is 20.0. The maximum absolute atomic E-state index is 12.5. The lowest BCUT2D eigenvalue weighted by Gasteiger charge is -2.28. The molecule has 276 valence electrons. The van der Waals surface area contributed by atoms with Gasteiger partial charge in [0, 0.05) is 12.8 Å². The van der Waals surface area contributed by atoms with Gasteiger partial charge in [0.05, 0.1) is 27.7 Å². The summed E-state index contributed by atoms with van der Waals surface area (Å²) in [6, 6.07) is 0. The van der Waals surface area contributed by atoms with Crippen molar-refractivity contribution in [2.45, 2.75) is 155 Å². The van der Waals surface area contributed by atoms with Crippen LogP contribution in [0.3, 0.4) is 0 Å². The fraction of sp³-hybridized carbons (Fsp3) is 0.838. The van der Waals surface area contributed by atoms with Crippen molar-refractivity contribution < 1.29 is 42.1 Å². The summed E-state index contributed by atoms with van der Waals surface area (Å²) in [6.45, 7) is 4.11. The molecule has 0 radical (unpaired) electrons. The second kappa shape index (κ2) is 30.5. The average molecular weight is 688 g/mol. The van der Waals surface area contributed by atoms with Gasteiger partial charge in [0.2, 0.25) is 0 Å². The minimum Gasteiger partial charge on any atom is -0.756 e. The second-order valence-corrected chi connectivity index (χ2v) is 15.0. The van der Waals surface area contributed by atoms with E-state index in [0.717, 1.165) is 32.1 Å². The summed E-state index contributed by atoms with van der Waals surface area (Å²) in [5.41, 5.74) is 0. The zero-order valence-corrected chi connectivity index (χ0v) is 31.6. The molecular formula is C37H70NO8P. The van der Waals surface area contributed by atoms with Crippen LogP contribution in [0.2, 0.25) is 0 Å². The number of allylic oxidation sites excluding steroid dienone is 4. The summed E-state index contributed by atoms with van der Waals surface area (Å²) >= 11 is 0. The molecule has 2 unspecified atom stereocenters. The Labute approximate surface area is 288 Å². The van der Waals surface area contributed by atoms with Crippen molar-refractivity contribution in [3.8, 4) is 0 Å². The molecule has 0 rings (SSSR count). The number of phosphoric acid groups is 1. The highest BCUT2D eigenvalue weighted by Gasteiger charge is 2.21. The Bertz CT molecular complexity index is 871. The van der Waals surface area contributed by atoms with Crippen molar-refractivity contribution in [2.24, 2.45) is 0 Å². The van der Waals surface area contributed by atoms with Crippen LogP contribution < -0.4 is 4.89 Å². The van der Waals surface area contributed by atoms with Crippen molar-refractivity contribution in [1.82, 2.24) is 0 Å². The van der Waals surface area contributed by atoms with Crippen LogP contribution in [0.5, 0.6) is 0 Å². The van der Waals surface area contributed by atoms with E-state index < -0.39 is 32.5 Å². The van der Waals surface area contributed by atoms with Gasteiger partial charge in [-0.15, -0.1) is 0 Å². The van der Waals surface area contributed by atoms with Gasteiger partial charge >= 0.3 is 11.9 Å². The number of ether oxygens (including phenoxy) is 2. The van der Waals surface area contributed by atoms with Crippen LogP contribution >= 0.6 is 7.82 Å². The third kappa shape index (κ3) is 34.2. The number of nitrogens with zero attached hydrogens (tertiary/aromatic N) is 1. The number of rotatable bonds is 33. The molecular weight excluding hydrogens is 617 g/mol. The minimum absolute atomic E-state index is 0.0385. The van der Waals surface area contributed by atoms with Gasteiger partial charge in [-0.25, -0.2) is 0 Å². The lowest BCUT2D eigenvalue weighted by atomic mass is 10.1. The Morgan fingerprint density at radius 3 is 1.77 bits per heavy atom. The number of hydrogen-bond acceptors (Lipinski definition) is 8. The molecule has 10 heteroatoms. The van der Waals surface area contributed by atoms with E-state index in [4.69, 9.17) is 18.5 Å². The highest BCUT2D eigenvalue weighted by Crippen LogP contribution is 2.38. The van der Waals surface area contributed by atoms with E-state index in [1.165, 1.54) is 83.5 Å². The van der Waals surface area contributed by atoms with E-state index in [2.05, 4.69) is 26.0 Å². The quantitative estimate of drug-likeness (QED) is 0.0221. The number of quaternary nitrogens is 1. The zero-order chi connectivity index (χ0) is 35.1. The number of likely N-dealkylation sites (N-methyl/N-ethyl adjacent to an activating group) is 1. The second-order valence-electron chi connectivity index (χ2n) is 13.6. The number of hydrogen-bond donors (Lipinski definition) is 0. The van der Waals surface area contributed by atoms with E-state index in [9.17, 15) is 19.0 Å². The maximum atomic E-state index is 12.5. The van der Waals surface area contributed by atoms with Crippen molar-refractivity contribution >= 4 is 19.8 Å². The summed E-state index contributed by atoms with van der Waals surface area (Å²) < 4.78 is 33.6. The van der Waals surface area contributed by atoms with Crippen molar-refractivity contribution in [1.29, 1.82) is 0 Å². The van der Waals surface area contributed by atoms with E-state index in [1.807, 2.05) is 33.3 Å². The molecule has 2 atom stereocenters. The smallest absolute Gasteiger partial charge is 0.306 e. The van der Waals surface area contributed by atoms with Crippen LogP contribution in [0.1, 0.15) is 149 Å². The van der Waals surface area contributed by atoms with Gasteiger partial charge in [0.15, 0.2) is 6.10 Å².